The van der Waals surface area contributed by atoms with Gasteiger partial charge in [-0.05, 0) is 31.2 Å². The van der Waals surface area contributed by atoms with Crippen LogP contribution in [-0.2, 0) is 4.79 Å². The predicted molar refractivity (Wildman–Crippen MR) is 104 cm³/mol. The molecule has 1 saturated carbocycles. The second-order valence-electron chi connectivity index (χ2n) is 6.12. The van der Waals surface area contributed by atoms with Crippen LogP contribution in [0.15, 0.2) is 41.3 Å². The molecule has 5 nitrogen and oxygen atoms in total. The van der Waals surface area contributed by atoms with Gasteiger partial charge in [0, 0.05) is 6.54 Å². The van der Waals surface area contributed by atoms with Crippen molar-refractivity contribution in [2.75, 3.05) is 17.6 Å². The van der Waals surface area contributed by atoms with E-state index in [-0.39, 0.29) is 11.9 Å². The molecule has 1 aromatic heterocycles. The lowest BCUT2D eigenvalue weighted by Gasteiger charge is -2.18. The molecule has 7 heteroatoms. The summed E-state index contributed by atoms with van der Waals surface area (Å²) in [4.78, 5) is 12.4. The summed E-state index contributed by atoms with van der Waals surface area (Å²) in [5, 5.41) is 15.2. The molecule has 2 aromatic rings. The Labute approximate surface area is 156 Å². The fraction of sp³-hybridized carbons (Fsp3) is 0.389. The van der Waals surface area contributed by atoms with Gasteiger partial charge in [-0.3, -0.25) is 4.79 Å². The van der Waals surface area contributed by atoms with Gasteiger partial charge >= 0.3 is 0 Å². The monoisotopic (exact) mass is 374 g/mol. The van der Waals surface area contributed by atoms with Crippen molar-refractivity contribution in [2.45, 2.75) is 30.1 Å². The van der Waals surface area contributed by atoms with Crippen LogP contribution in [0.2, 0.25) is 0 Å². The molecule has 1 aliphatic rings. The van der Waals surface area contributed by atoms with Gasteiger partial charge in [0.15, 0.2) is 4.34 Å². The van der Waals surface area contributed by atoms with Gasteiger partial charge in [0.25, 0.3) is 0 Å². The van der Waals surface area contributed by atoms with Gasteiger partial charge in [0.05, 0.1) is 11.8 Å². The minimum absolute atomic E-state index is 0.0401. The van der Waals surface area contributed by atoms with Gasteiger partial charge in [0.1, 0.15) is 0 Å². The van der Waals surface area contributed by atoms with Crippen molar-refractivity contribution in [3.63, 3.8) is 0 Å². The summed E-state index contributed by atoms with van der Waals surface area (Å²) in [6, 6.07) is 8.56. The lowest BCUT2D eigenvalue weighted by atomic mass is 10.0. The number of thioether (sulfide) groups is 1. The smallest absolute Gasteiger partial charge is 0.230 e. The van der Waals surface area contributed by atoms with Gasteiger partial charge in [-0.2, -0.15) is 0 Å². The Balaban J connectivity index is 1.52. The maximum atomic E-state index is 12.4. The first-order chi connectivity index (χ1) is 12.2. The van der Waals surface area contributed by atoms with Crippen LogP contribution in [0, 0.1) is 12.8 Å². The van der Waals surface area contributed by atoms with E-state index in [9.17, 15) is 4.79 Å². The summed E-state index contributed by atoms with van der Waals surface area (Å²) in [5.41, 5.74) is 2.43. The summed E-state index contributed by atoms with van der Waals surface area (Å²) in [5.74, 6) is 0.955. The molecule has 1 amide bonds. The van der Waals surface area contributed by atoms with Gasteiger partial charge in [-0.1, -0.05) is 59.0 Å². The van der Waals surface area contributed by atoms with Crippen molar-refractivity contribution in [3.8, 4) is 0 Å². The molecule has 1 heterocycles. The molecule has 132 valence electrons. The van der Waals surface area contributed by atoms with Crippen LogP contribution in [0.5, 0.6) is 0 Å². The topological polar surface area (TPSA) is 66.9 Å². The Morgan fingerprint density at radius 2 is 2.16 bits per heavy atom. The van der Waals surface area contributed by atoms with Crippen LogP contribution in [0.25, 0.3) is 0 Å². The first-order valence-corrected chi connectivity index (χ1v) is 10.1. The largest absolute Gasteiger partial charge is 0.357 e. The van der Waals surface area contributed by atoms with Crippen molar-refractivity contribution in [2.24, 2.45) is 5.92 Å². The molecule has 0 saturated heterocycles. The summed E-state index contributed by atoms with van der Waals surface area (Å²) in [6.45, 7) is 6.38. The molecule has 2 N–H and O–H groups in total. The number of carbonyl (C=O) groups is 1. The van der Waals surface area contributed by atoms with Gasteiger partial charge in [-0.15, -0.1) is 16.8 Å². The molecule has 25 heavy (non-hydrogen) atoms. The van der Waals surface area contributed by atoms with Gasteiger partial charge < -0.3 is 10.6 Å². The summed E-state index contributed by atoms with van der Waals surface area (Å²) in [6.07, 6.45) is 4.13. The molecular formula is C18H22N4OS2. The second kappa shape index (κ2) is 8.49. The summed E-state index contributed by atoms with van der Waals surface area (Å²) < 4.78 is 0.792. The van der Waals surface area contributed by atoms with Crippen molar-refractivity contribution in [1.29, 1.82) is 0 Å². The standard InChI is InChI=1S/C18H22N4OS2/c1-3-10-19-17-21-22-18(25-17)24-11-15(23)20-16(14-8-9-14)13-6-4-12(2)5-7-13/h3-7,14,16H,1,8-11H2,2H3,(H,19,21)(H,20,23). The number of rotatable bonds is 9. The van der Waals surface area contributed by atoms with Crippen molar-refractivity contribution in [3.05, 3.63) is 48.0 Å². The van der Waals surface area contributed by atoms with Gasteiger partial charge in [-0.25, -0.2) is 0 Å². The third kappa shape index (κ3) is 5.31. The van der Waals surface area contributed by atoms with E-state index >= 15 is 0 Å². The van der Waals surface area contributed by atoms with E-state index in [1.807, 2.05) is 0 Å². The number of aryl methyl sites for hydroxylation is 1. The Bertz CT molecular complexity index is 725. The summed E-state index contributed by atoms with van der Waals surface area (Å²) >= 11 is 2.87. The minimum Gasteiger partial charge on any atom is -0.357 e. The Morgan fingerprint density at radius 1 is 1.40 bits per heavy atom. The molecule has 1 unspecified atom stereocenters. The Kier molecular flexibility index (Phi) is 6.09. The average molecular weight is 375 g/mol. The maximum Gasteiger partial charge on any atom is 0.230 e. The van der Waals surface area contributed by atoms with E-state index in [4.69, 9.17) is 0 Å². The number of anilines is 1. The van der Waals surface area contributed by atoms with Crippen LogP contribution in [0.1, 0.15) is 30.0 Å². The first kappa shape index (κ1) is 17.9. The number of nitrogens with one attached hydrogen (secondary N) is 2. The zero-order chi connectivity index (χ0) is 17.6. The zero-order valence-electron chi connectivity index (χ0n) is 14.2. The Morgan fingerprint density at radius 3 is 2.84 bits per heavy atom. The molecule has 0 aliphatic heterocycles. The maximum absolute atomic E-state index is 12.4. The van der Waals surface area contributed by atoms with E-state index < -0.39 is 0 Å². The van der Waals surface area contributed by atoms with E-state index in [0.29, 0.717) is 18.2 Å². The number of hydrogen-bond donors (Lipinski definition) is 2. The highest BCUT2D eigenvalue weighted by Gasteiger charge is 2.33. The number of benzene rings is 1. The van der Waals surface area contributed by atoms with E-state index in [1.165, 1.54) is 47.1 Å². The SMILES string of the molecule is C=CCNc1nnc(SCC(=O)NC(c2ccc(C)cc2)C2CC2)s1. The van der Waals surface area contributed by atoms with Gasteiger partial charge in [0.2, 0.25) is 11.0 Å². The lowest BCUT2D eigenvalue weighted by Crippen LogP contribution is -2.31. The molecule has 1 atom stereocenters. The molecule has 0 bridgehead atoms. The van der Waals surface area contributed by atoms with Crippen LogP contribution < -0.4 is 10.6 Å². The highest BCUT2D eigenvalue weighted by Crippen LogP contribution is 2.41. The number of aromatic nitrogens is 2. The van der Waals surface area contributed by atoms with Crippen molar-refractivity contribution >= 4 is 34.1 Å². The molecule has 0 radical (unpaired) electrons. The third-order valence-electron chi connectivity index (χ3n) is 3.98. The predicted octanol–water partition coefficient (Wildman–Crippen LogP) is 3.80. The number of amides is 1. The number of hydrogen-bond acceptors (Lipinski definition) is 6. The van der Waals surface area contributed by atoms with Crippen LogP contribution in [0.4, 0.5) is 5.13 Å². The first-order valence-electron chi connectivity index (χ1n) is 8.32. The third-order valence-corrected chi connectivity index (χ3v) is 5.99. The second-order valence-corrected chi connectivity index (χ2v) is 8.32. The fourth-order valence-electron chi connectivity index (χ4n) is 2.52. The van der Waals surface area contributed by atoms with Crippen LogP contribution in [-0.4, -0.2) is 28.4 Å². The summed E-state index contributed by atoms with van der Waals surface area (Å²) in [7, 11) is 0. The van der Waals surface area contributed by atoms with E-state index in [0.717, 1.165) is 9.47 Å². The number of carbonyl (C=O) groups excluding carboxylic acids is 1. The van der Waals surface area contributed by atoms with Crippen LogP contribution in [0.3, 0.4) is 0 Å². The van der Waals surface area contributed by atoms with Crippen molar-refractivity contribution in [1.82, 2.24) is 15.5 Å². The molecule has 0 spiro atoms. The van der Waals surface area contributed by atoms with E-state index in [2.05, 4.69) is 58.6 Å². The highest BCUT2D eigenvalue weighted by molar-refractivity contribution is 8.01. The van der Waals surface area contributed by atoms with Crippen LogP contribution >= 0.6 is 23.1 Å². The number of nitrogens with zero attached hydrogens (tertiary/aromatic N) is 2. The average Bonchev–Trinajstić information content (AvgIpc) is 3.36. The fourth-order valence-corrected chi connectivity index (χ4v) is 4.09. The minimum atomic E-state index is 0.0401. The quantitative estimate of drug-likeness (QED) is 0.516. The molecular weight excluding hydrogens is 352 g/mol. The molecule has 1 aliphatic carbocycles. The lowest BCUT2D eigenvalue weighted by molar-refractivity contribution is -0.119. The Hall–Kier alpha value is -1.86. The normalized spacial score (nSPS) is 14.8. The van der Waals surface area contributed by atoms with E-state index in [1.54, 1.807) is 6.08 Å². The highest BCUT2D eigenvalue weighted by atomic mass is 32.2. The zero-order valence-corrected chi connectivity index (χ0v) is 15.8. The molecule has 1 aromatic carbocycles. The molecule has 1 fully saturated rings. The molecule has 3 rings (SSSR count). The van der Waals surface area contributed by atoms with Crippen molar-refractivity contribution < 1.29 is 4.79 Å².